The number of carbonyl (C=O) groups is 1. The van der Waals surface area contributed by atoms with Gasteiger partial charge in [-0.3, -0.25) is 9.36 Å². The maximum Gasteiger partial charge on any atom is 0.251 e. The Labute approximate surface area is 166 Å². The topological polar surface area (TPSA) is 77.6 Å². The molecule has 0 fully saturated rings. The van der Waals surface area contributed by atoms with E-state index in [1.165, 1.54) is 0 Å². The van der Waals surface area contributed by atoms with Gasteiger partial charge < -0.3 is 5.32 Å². The van der Waals surface area contributed by atoms with Crippen LogP contribution in [0.3, 0.4) is 0 Å². The van der Waals surface area contributed by atoms with Gasteiger partial charge in [-0.25, -0.2) is 14.6 Å². The molecule has 0 atom stereocenters. The van der Waals surface area contributed by atoms with E-state index in [-0.39, 0.29) is 5.91 Å². The average molecular weight is 390 g/mol. The Kier molecular flexibility index (Phi) is 5.20. The Bertz CT molecular complexity index is 1060. The lowest BCUT2D eigenvalue weighted by Gasteiger charge is -2.09. The number of aromatic nitrogens is 5. The summed E-state index contributed by atoms with van der Waals surface area (Å²) in [6.07, 6.45) is 10.9. The summed E-state index contributed by atoms with van der Waals surface area (Å²) in [6.45, 7) is 0.408. The molecule has 1 amide bonds. The molecule has 140 valence electrons. The summed E-state index contributed by atoms with van der Waals surface area (Å²) in [5, 5.41) is 7.97. The van der Waals surface area contributed by atoms with Gasteiger partial charge in [0.05, 0.1) is 0 Å². The van der Waals surface area contributed by atoms with Crippen LogP contribution in [-0.2, 0) is 6.54 Å². The van der Waals surface area contributed by atoms with E-state index in [9.17, 15) is 4.79 Å². The molecule has 0 radical (unpaired) electrons. The van der Waals surface area contributed by atoms with Crippen LogP contribution in [0.4, 0.5) is 0 Å². The van der Waals surface area contributed by atoms with Crippen molar-refractivity contribution in [3.8, 4) is 11.5 Å². The van der Waals surface area contributed by atoms with Crippen LogP contribution in [0.5, 0.6) is 0 Å². The highest BCUT2D eigenvalue weighted by atomic mass is 32.2. The van der Waals surface area contributed by atoms with E-state index < -0.39 is 0 Å². The number of hydrogen-bond donors (Lipinski definition) is 1. The van der Waals surface area contributed by atoms with Crippen molar-refractivity contribution in [1.29, 1.82) is 0 Å². The Hall–Kier alpha value is -3.39. The number of hydrogen-bond acceptors (Lipinski definition) is 5. The largest absolute Gasteiger partial charge is 0.348 e. The smallest absolute Gasteiger partial charge is 0.251 e. The molecular weight excluding hydrogens is 372 g/mol. The number of amides is 1. The maximum atomic E-state index is 12.4. The predicted octanol–water partition coefficient (Wildman–Crippen LogP) is 3.10. The highest BCUT2D eigenvalue weighted by Crippen LogP contribution is 2.18. The van der Waals surface area contributed by atoms with E-state index in [1.807, 2.05) is 65.7 Å². The fourth-order valence-corrected chi connectivity index (χ4v) is 3.29. The molecule has 0 aliphatic carbocycles. The van der Waals surface area contributed by atoms with Crippen molar-refractivity contribution in [2.45, 2.75) is 11.7 Å². The molecule has 4 rings (SSSR count). The van der Waals surface area contributed by atoms with Gasteiger partial charge in [0, 0.05) is 48.8 Å². The zero-order valence-electron chi connectivity index (χ0n) is 15.2. The standard InChI is InChI=1S/C20H18N6OS/c1-28-20-21-10-12-25(20)17-6-4-16(5-7-17)19(27)23-14-15-3-8-18(22-13-15)26-11-2-9-24-26/h2-13H,14H2,1H3,(H,23,27). The Morgan fingerprint density at radius 2 is 1.93 bits per heavy atom. The minimum atomic E-state index is -0.126. The molecule has 8 heteroatoms. The van der Waals surface area contributed by atoms with Crippen LogP contribution in [0.25, 0.3) is 11.5 Å². The summed E-state index contributed by atoms with van der Waals surface area (Å²) < 4.78 is 3.67. The molecule has 0 aliphatic heterocycles. The summed E-state index contributed by atoms with van der Waals surface area (Å²) >= 11 is 1.57. The second kappa shape index (κ2) is 8.10. The summed E-state index contributed by atoms with van der Waals surface area (Å²) in [6, 6.07) is 13.1. The zero-order chi connectivity index (χ0) is 19.3. The number of nitrogens with zero attached hydrogens (tertiary/aromatic N) is 5. The number of pyridine rings is 1. The normalized spacial score (nSPS) is 10.8. The van der Waals surface area contributed by atoms with Gasteiger partial charge in [0.25, 0.3) is 5.91 Å². The third kappa shape index (κ3) is 3.81. The molecule has 7 nitrogen and oxygen atoms in total. The van der Waals surface area contributed by atoms with E-state index >= 15 is 0 Å². The minimum absolute atomic E-state index is 0.126. The van der Waals surface area contributed by atoms with Gasteiger partial charge in [-0.05, 0) is 48.2 Å². The van der Waals surface area contributed by atoms with Gasteiger partial charge in [-0.2, -0.15) is 5.10 Å². The number of nitrogens with one attached hydrogen (secondary N) is 1. The molecule has 0 unspecified atom stereocenters. The van der Waals surface area contributed by atoms with Crippen LogP contribution in [0.15, 0.2) is 78.6 Å². The Balaban J connectivity index is 1.38. The number of carbonyl (C=O) groups excluding carboxylic acids is 1. The van der Waals surface area contributed by atoms with E-state index in [0.717, 1.165) is 22.2 Å². The van der Waals surface area contributed by atoms with Gasteiger partial charge in [0.2, 0.25) is 0 Å². The third-order valence-electron chi connectivity index (χ3n) is 4.20. The lowest BCUT2D eigenvalue weighted by molar-refractivity contribution is 0.0951. The van der Waals surface area contributed by atoms with E-state index in [1.54, 1.807) is 35.0 Å². The van der Waals surface area contributed by atoms with Crippen LogP contribution >= 0.6 is 11.8 Å². The van der Waals surface area contributed by atoms with Crippen molar-refractivity contribution in [2.75, 3.05) is 6.26 Å². The predicted molar refractivity (Wildman–Crippen MR) is 108 cm³/mol. The van der Waals surface area contributed by atoms with Crippen molar-refractivity contribution in [3.63, 3.8) is 0 Å². The molecule has 28 heavy (non-hydrogen) atoms. The van der Waals surface area contributed by atoms with Gasteiger partial charge in [-0.1, -0.05) is 17.8 Å². The second-order valence-corrected chi connectivity index (χ2v) is 6.76. The highest BCUT2D eigenvalue weighted by molar-refractivity contribution is 7.98. The van der Waals surface area contributed by atoms with Crippen LogP contribution in [-0.4, -0.2) is 36.5 Å². The average Bonchev–Trinajstić information content (AvgIpc) is 3.44. The lowest BCUT2D eigenvalue weighted by atomic mass is 10.2. The first kappa shape index (κ1) is 18.0. The first-order valence-electron chi connectivity index (χ1n) is 8.65. The second-order valence-electron chi connectivity index (χ2n) is 5.99. The fraction of sp³-hybridized carbons (Fsp3) is 0.100. The number of rotatable bonds is 6. The summed E-state index contributed by atoms with van der Waals surface area (Å²) in [7, 11) is 0. The molecule has 1 aromatic carbocycles. The first-order chi connectivity index (χ1) is 13.7. The van der Waals surface area contributed by atoms with Gasteiger partial charge in [0.15, 0.2) is 11.0 Å². The van der Waals surface area contributed by atoms with Crippen molar-refractivity contribution in [2.24, 2.45) is 0 Å². The van der Waals surface area contributed by atoms with Gasteiger partial charge >= 0.3 is 0 Å². The van der Waals surface area contributed by atoms with E-state index in [2.05, 4.69) is 20.4 Å². The fourth-order valence-electron chi connectivity index (χ4n) is 2.76. The third-order valence-corrected chi connectivity index (χ3v) is 4.87. The summed E-state index contributed by atoms with van der Waals surface area (Å²) in [5.74, 6) is 0.609. The minimum Gasteiger partial charge on any atom is -0.348 e. The number of thioether (sulfide) groups is 1. The monoisotopic (exact) mass is 390 g/mol. The molecule has 3 aromatic heterocycles. The van der Waals surface area contributed by atoms with E-state index in [4.69, 9.17) is 0 Å². The van der Waals surface area contributed by atoms with Crippen LogP contribution in [0, 0.1) is 0 Å². The van der Waals surface area contributed by atoms with Crippen LogP contribution in [0.2, 0.25) is 0 Å². The quantitative estimate of drug-likeness (QED) is 0.512. The molecule has 4 aromatic rings. The Morgan fingerprint density at radius 3 is 2.61 bits per heavy atom. The summed E-state index contributed by atoms with van der Waals surface area (Å²) in [4.78, 5) is 21.1. The van der Waals surface area contributed by atoms with Crippen molar-refractivity contribution in [3.05, 3.63) is 84.6 Å². The number of imidazole rings is 1. The molecule has 1 N–H and O–H groups in total. The lowest BCUT2D eigenvalue weighted by Crippen LogP contribution is -2.22. The van der Waals surface area contributed by atoms with Crippen molar-refractivity contribution < 1.29 is 4.79 Å². The maximum absolute atomic E-state index is 12.4. The van der Waals surface area contributed by atoms with Crippen LogP contribution < -0.4 is 5.32 Å². The van der Waals surface area contributed by atoms with Gasteiger partial charge in [0.1, 0.15) is 0 Å². The molecule has 0 aliphatic rings. The van der Waals surface area contributed by atoms with Crippen LogP contribution in [0.1, 0.15) is 15.9 Å². The SMILES string of the molecule is CSc1nccn1-c1ccc(C(=O)NCc2ccc(-n3cccn3)nc2)cc1. The zero-order valence-corrected chi connectivity index (χ0v) is 16.0. The highest BCUT2D eigenvalue weighted by Gasteiger charge is 2.08. The Morgan fingerprint density at radius 1 is 1.07 bits per heavy atom. The molecular formula is C20H18N6OS. The number of benzene rings is 1. The molecule has 3 heterocycles. The van der Waals surface area contributed by atoms with Gasteiger partial charge in [-0.15, -0.1) is 0 Å². The summed E-state index contributed by atoms with van der Waals surface area (Å²) in [5.41, 5.74) is 2.50. The molecule has 0 bridgehead atoms. The van der Waals surface area contributed by atoms with E-state index in [0.29, 0.717) is 12.1 Å². The molecule has 0 saturated carbocycles. The molecule has 0 spiro atoms. The molecule has 0 saturated heterocycles. The van der Waals surface area contributed by atoms with Crippen molar-refractivity contribution in [1.82, 2.24) is 29.6 Å². The van der Waals surface area contributed by atoms with Crippen molar-refractivity contribution >= 4 is 17.7 Å². The first-order valence-corrected chi connectivity index (χ1v) is 9.88.